The molecule has 2 heterocycles. The van der Waals surface area contributed by atoms with Crippen LogP contribution < -0.4 is 5.32 Å². The molecule has 0 aliphatic carbocycles. The van der Waals surface area contributed by atoms with Gasteiger partial charge in [0.15, 0.2) is 5.82 Å². The number of amides is 1. The van der Waals surface area contributed by atoms with Crippen LogP contribution >= 0.6 is 0 Å². The van der Waals surface area contributed by atoms with E-state index in [0.717, 1.165) is 29.8 Å². The molecule has 2 aromatic rings. The van der Waals surface area contributed by atoms with Gasteiger partial charge in [-0.1, -0.05) is 26.3 Å². The molecule has 0 aromatic carbocycles. The van der Waals surface area contributed by atoms with Crippen molar-refractivity contribution >= 4 is 11.7 Å². The van der Waals surface area contributed by atoms with Crippen molar-refractivity contribution in [1.29, 1.82) is 0 Å². The van der Waals surface area contributed by atoms with Crippen molar-refractivity contribution in [3.8, 4) is 0 Å². The largest absolute Gasteiger partial charge is 0.309 e. The Hall–Kier alpha value is -2.17. The van der Waals surface area contributed by atoms with Gasteiger partial charge in [-0.05, 0) is 30.9 Å². The van der Waals surface area contributed by atoms with Gasteiger partial charge in [0.2, 0.25) is 5.91 Å². The molecule has 0 radical (unpaired) electrons. The van der Waals surface area contributed by atoms with E-state index in [2.05, 4.69) is 34.3 Å². The van der Waals surface area contributed by atoms with Crippen LogP contribution in [0, 0.1) is 6.92 Å². The SMILES string of the molecule is CCCC(C)c1cc(NC(=O)Cc2ccc(C)nc2)n[nH]1. The molecule has 0 fully saturated rings. The van der Waals surface area contributed by atoms with E-state index in [4.69, 9.17) is 0 Å². The van der Waals surface area contributed by atoms with E-state index >= 15 is 0 Å². The number of nitrogens with zero attached hydrogens (tertiary/aromatic N) is 2. The Morgan fingerprint density at radius 2 is 2.24 bits per heavy atom. The summed E-state index contributed by atoms with van der Waals surface area (Å²) in [5, 5.41) is 9.95. The highest BCUT2D eigenvalue weighted by molar-refractivity contribution is 5.91. The summed E-state index contributed by atoms with van der Waals surface area (Å²) in [6.07, 6.45) is 4.26. The number of nitrogens with one attached hydrogen (secondary N) is 2. The third-order valence-electron chi connectivity index (χ3n) is 3.46. The average molecular weight is 286 g/mol. The number of hydrogen-bond donors (Lipinski definition) is 2. The second kappa shape index (κ2) is 7.02. The van der Waals surface area contributed by atoms with Gasteiger partial charge >= 0.3 is 0 Å². The maximum Gasteiger partial charge on any atom is 0.230 e. The number of H-pyrrole nitrogens is 1. The Balaban J connectivity index is 1.92. The Bertz CT molecular complexity index is 589. The van der Waals surface area contributed by atoms with E-state index in [-0.39, 0.29) is 5.91 Å². The summed E-state index contributed by atoms with van der Waals surface area (Å²) in [7, 11) is 0. The fraction of sp³-hybridized carbons (Fsp3) is 0.438. The molecule has 0 spiro atoms. The zero-order valence-electron chi connectivity index (χ0n) is 12.8. The predicted molar refractivity (Wildman–Crippen MR) is 83.2 cm³/mol. The quantitative estimate of drug-likeness (QED) is 0.856. The molecule has 21 heavy (non-hydrogen) atoms. The highest BCUT2D eigenvalue weighted by Gasteiger charge is 2.11. The highest BCUT2D eigenvalue weighted by atomic mass is 16.1. The molecule has 5 heteroatoms. The molecule has 1 amide bonds. The Morgan fingerprint density at radius 3 is 2.90 bits per heavy atom. The molecule has 0 bridgehead atoms. The van der Waals surface area contributed by atoms with Gasteiger partial charge in [0.25, 0.3) is 0 Å². The summed E-state index contributed by atoms with van der Waals surface area (Å²) in [6, 6.07) is 5.73. The molecule has 1 unspecified atom stereocenters. The lowest BCUT2D eigenvalue weighted by atomic mass is 10.0. The molecule has 2 aromatic heterocycles. The summed E-state index contributed by atoms with van der Waals surface area (Å²) >= 11 is 0. The lowest BCUT2D eigenvalue weighted by Gasteiger charge is -2.05. The third kappa shape index (κ3) is 4.41. The number of hydrogen-bond acceptors (Lipinski definition) is 3. The van der Waals surface area contributed by atoms with Gasteiger partial charge < -0.3 is 5.32 Å². The Labute approximate surface area is 125 Å². The van der Waals surface area contributed by atoms with E-state index in [1.54, 1.807) is 6.20 Å². The van der Waals surface area contributed by atoms with E-state index in [1.165, 1.54) is 0 Å². The third-order valence-corrected chi connectivity index (χ3v) is 3.46. The summed E-state index contributed by atoms with van der Waals surface area (Å²) < 4.78 is 0. The summed E-state index contributed by atoms with van der Waals surface area (Å²) in [6.45, 7) is 6.23. The van der Waals surface area contributed by atoms with Gasteiger partial charge in [0, 0.05) is 23.7 Å². The molecule has 0 saturated heterocycles. The molecular formula is C16H22N4O. The zero-order valence-corrected chi connectivity index (χ0v) is 12.8. The van der Waals surface area contributed by atoms with E-state index < -0.39 is 0 Å². The van der Waals surface area contributed by atoms with Gasteiger partial charge in [-0.15, -0.1) is 0 Å². The van der Waals surface area contributed by atoms with Crippen molar-refractivity contribution < 1.29 is 4.79 Å². The fourth-order valence-electron chi connectivity index (χ4n) is 2.22. The fourth-order valence-corrected chi connectivity index (χ4v) is 2.22. The van der Waals surface area contributed by atoms with Crippen LogP contribution in [-0.4, -0.2) is 21.1 Å². The monoisotopic (exact) mass is 286 g/mol. The molecule has 2 N–H and O–H groups in total. The molecular weight excluding hydrogens is 264 g/mol. The Kier molecular flexibility index (Phi) is 5.09. The lowest BCUT2D eigenvalue weighted by Crippen LogP contribution is -2.14. The smallest absolute Gasteiger partial charge is 0.230 e. The zero-order chi connectivity index (χ0) is 15.2. The minimum atomic E-state index is -0.0816. The van der Waals surface area contributed by atoms with Crippen LogP contribution in [0.5, 0.6) is 0 Å². The molecule has 0 aliphatic rings. The van der Waals surface area contributed by atoms with Crippen LogP contribution in [0.1, 0.15) is 49.6 Å². The molecule has 112 valence electrons. The van der Waals surface area contributed by atoms with Crippen molar-refractivity contribution in [3.05, 3.63) is 41.3 Å². The number of aryl methyl sites for hydroxylation is 1. The number of carbonyl (C=O) groups is 1. The van der Waals surface area contributed by atoms with Crippen LogP contribution in [-0.2, 0) is 11.2 Å². The highest BCUT2D eigenvalue weighted by Crippen LogP contribution is 2.20. The number of aromatic amines is 1. The first-order valence-corrected chi connectivity index (χ1v) is 7.35. The molecule has 2 rings (SSSR count). The minimum absolute atomic E-state index is 0.0816. The van der Waals surface area contributed by atoms with Crippen LogP contribution in [0.3, 0.4) is 0 Å². The van der Waals surface area contributed by atoms with Crippen LogP contribution in [0.4, 0.5) is 5.82 Å². The maximum atomic E-state index is 12.0. The topological polar surface area (TPSA) is 70.7 Å². The summed E-state index contributed by atoms with van der Waals surface area (Å²) in [5.41, 5.74) is 2.90. The molecule has 0 saturated carbocycles. The summed E-state index contributed by atoms with van der Waals surface area (Å²) in [4.78, 5) is 16.2. The number of carbonyl (C=O) groups excluding carboxylic acids is 1. The maximum absolute atomic E-state index is 12.0. The van der Waals surface area contributed by atoms with Gasteiger partial charge in [0.1, 0.15) is 0 Å². The van der Waals surface area contributed by atoms with Crippen LogP contribution in [0.2, 0.25) is 0 Å². The van der Waals surface area contributed by atoms with Crippen molar-refractivity contribution in [2.75, 3.05) is 5.32 Å². The number of pyridine rings is 1. The number of anilines is 1. The van der Waals surface area contributed by atoms with E-state index in [0.29, 0.717) is 18.2 Å². The van der Waals surface area contributed by atoms with Crippen LogP contribution in [0.15, 0.2) is 24.4 Å². The van der Waals surface area contributed by atoms with E-state index in [1.807, 2.05) is 25.1 Å². The van der Waals surface area contributed by atoms with Crippen LogP contribution in [0.25, 0.3) is 0 Å². The minimum Gasteiger partial charge on any atom is -0.309 e. The predicted octanol–water partition coefficient (Wildman–Crippen LogP) is 3.20. The van der Waals surface area contributed by atoms with Gasteiger partial charge in [-0.2, -0.15) is 5.10 Å². The number of aromatic nitrogens is 3. The number of rotatable bonds is 6. The normalized spacial score (nSPS) is 12.1. The molecule has 0 aliphatic heterocycles. The van der Waals surface area contributed by atoms with Gasteiger partial charge in [0.05, 0.1) is 6.42 Å². The first-order chi connectivity index (χ1) is 10.1. The second-order valence-electron chi connectivity index (χ2n) is 5.43. The molecule has 5 nitrogen and oxygen atoms in total. The van der Waals surface area contributed by atoms with E-state index in [9.17, 15) is 4.79 Å². The van der Waals surface area contributed by atoms with Crippen molar-refractivity contribution in [2.24, 2.45) is 0 Å². The van der Waals surface area contributed by atoms with Crippen molar-refractivity contribution in [3.63, 3.8) is 0 Å². The molecule has 1 atom stereocenters. The average Bonchev–Trinajstić information content (AvgIpc) is 2.90. The van der Waals surface area contributed by atoms with Crippen molar-refractivity contribution in [2.45, 2.75) is 46.0 Å². The first-order valence-electron chi connectivity index (χ1n) is 7.35. The standard InChI is InChI=1S/C16H22N4O/c1-4-5-11(2)14-9-15(20-19-14)18-16(21)8-13-7-6-12(3)17-10-13/h6-7,9-11H,4-5,8H2,1-3H3,(H2,18,19,20,21). The Morgan fingerprint density at radius 1 is 1.43 bits per heavy atom. The summed E-state index contributed by atoms with van der Waals surface area (Å²) in [5.74, 6) is 0.925. The lowest BCUT2D eigenvalue weighted by molar-refractivity contribution is -0.115. The first kappa shape index (κ1) is 15.2. The second-order valence-corrected chi connectivity index (χ2v) is 5.43. The van der Waals surface area contributed by atoms with Crippen molar-refractivity contribution in [1.82, 2.24) is 15.2 Å². The van der Waals surface area contributed by atoms with Gasteiger partial charge in [-0.25, -0.2) is 0 Å². The van der Waals surface area contributed by atoms with Gasteiger partial charge in [-0.3, -0.25) is 14.9 Å².